The van der Waals surface area contributed by atoms with E-state index < -0.39 is 11.2 Å². The van der Waals surface area contributed by atoms with Gasteiger partial charge in [0.2, 0.25) is 0 Å². The molecule has 5 nitrogen and oxygen atoms in total. The molecular formula is C14H25NO4S. The number of ether oxygens (including phenoxy) is 2. The Kier molecular flexibility index (Phi) is 5.74. The summed E-state index contributed by atoms with van der Waals surface area (Å²) in [7, 11) is 0. The zero-order chi connectivity index (χ0) is 15.4. The highest BCUT2D eigenvalue weighted by molar-refractivity contribution is 7.80. The molecule has 1 aliphatic heterocycles. The van der Waals surface area contributed by atoms with Crippen LogP contribution in [0.1, 0.15) is 47.0 Å². The van der Waals surface area contributed by atoms with Crippen molar-refractivity contribution >= 4 is 24.7 Å². The number of thiol groups is 1. The van der Waals surface area contributed by atoms with Gasteiger partial charge in [0.1, 0.15) is 11.2 Å². The lowest BCUT2D eigenvalue weighted by Gasteiger charge is -2.39. The number of carbonyl (C=O) groups is 2. The predicted octanol–water partition coefficient (Wildman–Crippen LogP) is 2.64. The molecule has 0 aromatic heterocycles. The van der Waals surface area contributed by atoms with E-state index in [0.29, 0.717) is 38.1 Å². The Morgan fingerprint density at radius 2 is 1.80 bits per heavy atom. The summed E-state index contributed by atoms with van der Waals surface area (Å²) < 4.78 is 10.8. The summed E-state index contributed by atoms with van der Waals surface area (Å²) in [6.45, 7) is 8.53. The van der Waals surface area contributed by atoms with Crippen molar-refractivity contribution in [1.82, 2.24) is 4.90 Å². The van der Waals surface area contributed by atoms with E-state index in [1.807, 2.05) is 27.7 Å². The maximum absolute atomic E-state index is 11.9. The monoisotopic (exact) mass is 303 g/mol. The van der Waals surface area contributed by atoms with E-state index in [0.717, 1.165) is 0 Å². The molecule has 0 bridgehead atoms. The first-order valence-electron chi connectivity index (χ1n) is 6.96. The van der Waals surface area contributed by atoms with Crippen molar-refractivity contribution in [1.29, 1.82) is 0 Å². The number of amides is 1. The summed E-state index contributed by atoms with van der Waals surface area (Å²) in [6, 6.07) is 0. The van der Waals surface area contributed by atoms with Gasteiger partial charge in [-0.2, -0.15) is 12.6 Å². The molecule has 0 aromatic carbocycles. The average Bonchev–Trinajstić information content (AvgIpc) is 2.26. The number of rotatable bonds is 3. The fourth-order valence-electron chi connectivity index (χ4n) is 2.01. The molecule has 0 radical (unpaired) electrons. The summed E-state index contributed by atoms with van der Waals surface area (Å²) in [4.78, 5) is 25.1. The highest BCUT2D eigenvalue weighted by Gasteiger charge is 2.36. The molecule has 1 rings (SSSR count). The molecular weight excluding hydrogens is 278 g/mol. The van der Waals surface area contributed by atoms with Gasteiger partial charge in [0.05, 0.1) is 6.42 Å². The zero-order valence-electron chi connectivity index (χ0n) is 12.8. The lowest BCUT2D eigenvalue weighted by molar-refractivity contribution is -0.161. The van der Waals surface area contributed by atoms with E-state index in [4.69, 9.17) is 9.47 Å². The van der Waals surface area contributed by atoms with Gasteiger partial charge < -0.3 is 14.4 Å². The van der Waals surface area contributed by atoms with Crippen molar-refractivity contribution in [2.24, 2.45) is 0 Å². The summed E-state index contributed by atoms with van der Waals surface area (Å²) in [6.07, 6.45) is 1.27. The number of esters is 1. The number of nitrogens with zero attached hydrogens (tertiary/aromatic N) is 1. The average molecular weight is 303 g/mol. The van der Waals surface area contributed by atoms with Gasteiger partial charge in [0.25, 0.3) is 0 Å². The molecule has 0 aliphatic carbocycles. The van der Waals surface area contributed by atoms with Crippen LogP contribution in [-0.4, -0.2) is 47.0 Å². The number of piperidine rings is 1. The first-order valence-corrected chi connectivity index (χ1v) is 7.59. The molecule has 1 saturated heterocycles. The number of carbonyl (C=O) groups excluding carboxylic acids is 2. The quantitative estimate of drug-likeness (QED) is 0.643. The molecule has 0 saturated carbocycles. The molecule has 1 amide bonds. The Labute approximate surface area is 126 Å². The highest BCUT2D eigenvalue weighted by atomic mass is 32.1. The van der Waals surface area contributed by atoms with Crippen molar-refractivity contribution in [2.45, 2.75) is 58.2 Å². The standard InChI is InChI=1S/C14H25NO4S/c1-13(2,3)19-12(17)15-8-6-14(4,7-9-15)18-11(16)5-10-20/h20H,5-10H2,1-4H3. The minimum absolute atomic E-state index is 0.229. The topological polar surface area (TPSA) is 55.8 Å². The van der Waals surface area contributed by atoms with Gasteiger partial charge in [-0.25, -0.2) is 4.79 Å². The van der Waals surface area contributed by atoms with E-state index in [2.05, 4.69) is 12.6 Å². The molecule has 0 N–H and O–H groups in total. The Morgan fingerprint density at radius 3 is 2.25 bits per heavy atom. The Balaban J connectivity index is 2.46. The predicted molar refractivity (Wildman–Crippen MR) is 80.0 cm³/mol. The van der Waals surface area contributed by atoms with Gasteiger partial charge in [-0.05, 0) is 27.7 Å². The van der Waals surface area contributed by atoms with Crippen LogP contribution in [-0.2, 0) is 14.3 Å². The third-order valence-electron chi connectivity index (χ3n) is 3.15. The molecule has 0 aromatic rings. The smallest absolute Gasteiger partial charge is 0.410 e. The second kappa shape index (κ2) is 6.70. The molecule has 20 heavy (non-hydrogen) atoms. The fraction of sp³-hybridized carbons (Fsp3) is 0.857. The summed E-state index contributed by atoms with van der Waals surface area (Å²) >= 11 is 4.02. The van der Waals surface area contributed by atoms with Gasteiger partial charge >= 0.3 is 12.1 Å². The van der Waals surface area contributed by atoms with Crippen molar-refractivity contribution < 1.29 is 19.1 Å². The van der Waals surface area contributed by atoms with E-state index in [1.165, 1.54) is 0 Å². The van der Waals surface area contributed by atoms with Gasteiger partial charge in [0, 0.05) is 31.7 Å². The largest absolute Gasteiger partial charge is 0.459 e. The van der Waals surface area contributed by atoms with Crippen molar-refractivity contribution in [3.63, 3.8) is 0 Å². The van der Waals surface area contributed by atoms with Crippen LogP contribution in [0.5, 0.6) is 0 Å². The third-order valence-corrected chi connectivity index (χ3v) is 3.37. The van der Waals surface area contributed by atoms with Gasteiger partial charge in [-0.3, -0.25) is 4.79 Å². The van der Waals surface area contributed by atoms with Crippen LogP contribution in [0.25, 0.3) is 0 Å². The Bertz CT molecular complexity index is 357. The summed E-state index contributed by atoms with van der Waals surface area (Å²) in [5.41, 5.74) is -0.977. The van der Waals surface area contributed by atoms with Crippen LogP contribution in [0.2, 0.25) is 0 Å². The third kappa shape index (κ3) is 5.61. The first-order chi connectivity index (χ1) is 9.15. The lowest BCUT2D eigenvalue weighted by atomic mass is 9.93. The minimum atomic E-state index is -0.489. The first kappa shape index (κ1) is 17.1. The Morgan fingerprint density at radius 1 is 1.25 bits per heavy atom. The summed E-state index contributed by atoms with van der Waals surface area (Å²) in [5, 5.41) is 0. The van der Waals surface area contributed by atoms with E-state index in [9.17, 15) is 9.59 Å². The van der Waals surface area contributed by atoms with Crippen molar-refractivity contribution in [3.8, 4) is 0 Å². The minimum Gasteiger partial charge on any atom is -0.459 e. The van der Waals surface area contributed by atoms with Crippen LogP contribution in [0.4, 0.5) is 4.79 Å². The van der Waals surface area contributed by atoms with Gasteiger partial charge in [-0.15, -0.1) is 0 Å². The van der Waals surface area contributed by atoms with Gasteiger partial charge in [0.15, 0.2) is 0 Å². The van der Waals surface area contributed by atoms with Crippen LogP contribution in [0.15, 0.2) is 0 Å². The molecule has 6 heteroatoms. The van der Waals surface area contributed by atoms with Crippen LogP contribution in [0.3, 0.4) is 0 Å². The maximum Gasteiger partial charge on any atom is 0.410 e. The summed E-state index contributed by atoms with van der Waals surface area (Å²) in [5.74, 6) is 0.257. The van der Waals surface area contributed by atoms with Crippen LogP contribution in [0, 0.1) is 0 Å². The SMILES string of the molecule is CC(C)(C)OC(=O)N1CCC(C)(OC(=O)CCS)CC1. The normalized spacial score (nSPS) is 18.6. The molecule has 1 heterocycles. The molecule has 1 aliphatic rings. The highest BCUT2D eigenvalue weighted by Crippen LogP contribution is 2.27. The number of likely N-dealkylation sites (tertiary alicyclic amines) is 1. The Hall–Kier alpha value is -0.910. The lowest BCUT2D eigenvalue weighted by Crippen LogP contribution is -2.48. The van der Waals surface area contributed by atoms with E-state index >= 15 is 0 Å². The van der Waals surface area contributed by atoms with E-state index in [-0.39, 0.29) is 12.1 Å². The zero-order valence-corrected chi connectivity index (χ0v) is 13.7. The van der Waals surface area contributed by atoms with E-state index in [1.54, 1.807) is 4.90 Å². The molecule has 0 atom stereocenters. The van der Waals surface area contributed by atoms with Gasteiger partial charge in [-0.1, -0.05) is 0 Å². The van der Waals surface area contributed by atoms with Crippen molar-refractivity contribution in [3.05, 3.63) is 0 Å². The maximum atomic E-state index is 11.9. The van der Waals surface area contributed by atoms with Crippen LogP contribution >= 0.6 is 12.6 Å². The second-order valence-electron chi connectivity index (χ2n) is 6.36. The molecule has 116 valence electrons. The molecule has 1 fully saturated rings. The fourth-order valence-corrected chi connectivity index (χ4v) is 2.19. The molecule has 0 unspecified atom stereocenters. The van der Waals surface area contributed by atoms with Crippen molar-refractivity contribution in [2.75, 3.05) is 18.8 Å². The van der Waals surface area contributed by atoms with Crippen LogP contribution < -0.4 is 0 Å². The molecule has 0 spiro atoms. The second-order valence-corrected chi connectivity index (χ2v) is 6.81. The number of hydrogen-bond donors (Lipinski definition) is 1. The number of hydrogen-bond acceptors (Lipinski definition) is 5.